The quantitative estimate of drug-likeness (QED) is 0.850. The molecule has 0 fully saturated rings. The fraction of sp³-hybridized carbons (Fsp3) is 0.250. The molecular formula is C12H14N4O2. The summed E-state index contributed by atoms with van der Waals surface area (Å²) in [6.45, 7) is 1.86. The van der Waals surface area contributed by atoms with E-state index in [2.05, 4.69) is 15.5 Å². The third-order valence-corrected chi connectivity index (χ3v) is 2.51. The molecule has 6 nitrogen and oxygen atoms in total. The van der Waals surface area contributed by atoms with Crippen molar-refractivity contribution in [2.75, 3.05) is 5.32 Å². The first kappa shape index (κ1) is 12.3. The maximum absolute atomic E-state index is 11.7. The zero-order valence-corrected chi connectivity index (χ0v) is 9.96. The highest BCUT2D eigenvalue weighted by molar-refractivity contribution is 5.95. The Balaban J connectivity index is 2.16. The van der Waals surface area contributed by atoms with Crippen LogP contribution in [0.2, 0.25) is 0 Å². The molecule has 1 aromatic carbocycles. The first-order valence-corrected chi connectivity index (χ1v) is 5.63. The summed E-state index contributed by atoms with van der Waals surface area (Å²) in [6.07, 6.45) is 1.85. The molecule has 1 unspecified atom stereocenters. The number of nitrogens with one attached hydrogen (secondary N) is 1. The van der Waals surface area contributed by atoms with Crippen LogP contribution < -0.4 is 11.1 Å². The van der Waals surface area contributed by atoms with E-state index in [1.807, 2.05) is 13.0 Å². The number of nitrogens with zero attached hydrogens (tertiary/aromatic N) is 2. The number of anilines is 1. The van der Waals surface area contributed by atoms with Crippen LogP contribution in [0.1, 0.15) is 13.3 Å². The zero-order chi connectivity index (χ0) is 13.0. The van der Waals surface area contributed by atoms with Crippen molar-refractivity contribution in [3.05, 3.63) is 30.7 Å². The van der Waals surface area contributed by atoms with Crippen molar-refractivity contribution in [1.82, 2.24) is 10.2 Å². The van der Waals surface area contributed by atoms with Crippen LogP contribution in [0, 0.1) is 0 Å². The van der Waals surface area contributed by atoms with Crippen molar-refractivity contribution in [2.45, 2.75) is 19.4 Å². The summed E-state index contributed by atoms with van der Waals surface area (Å²) in [6, 6.07) is 6.65. The topological polar surface area (TPSA) is 94.0 Å². The lowest BCUT2D eigenvalue weighted by Crippen LogP contribution is -2.34. The van der Waals surface area contributed by atoms with Crippen molar-refractivity contribution in [3.63, 3.8) is 0 Å². The number of carbonyl (C=O) groups is 1. The Morgan fingerprint density at radius 3 is 3.06 bits per heavy atom. The van der Waals surface area contributed by atoms with Crippen LogP contribution in [0.3, 0.4) is 0 Å². The molecule has 0 bridgehead atoms. The number of benzene rings is 1. The van der Waals surface area contributed by atoms with E-state index >= 15 is 0 Å². The second-order valence-electron chi connectivity index (χ2n) is 3.83. The van der Waals surface area contributed by atoms with Crippen molar-refractivity contribution in [1.29, 1.82) is 0 Å². The summed E-state index contributed by atoms with van der Waals surface area (Å²) in [5.74, 6) is 0.200. The SMILES string of the molecule is CCC(N)C(=O)Nc1cccc(-c2nnco2)c1. The minimum absolute atomic E-state index is 0.208. The average Bonchev–Trinajstić information content (AvgIpc) is 2.92. The van der Waals surface area contributed by atoms with Gasteiger partial charge in [0, 0.05) is 11.3 Å². The number of amides is 1. The van der Waals surface area contributed by atoms with Crippen LogP contribution in [-0.2, 0) is 4.79 Å². The zero-order valence-electron chi connectivity index (χ0n) is 9.96. The molecule has 1 aromatic heterocycles. The molecule has 94 valence electrons. The Hall–Kier alpha value is -2.21. The van der Waals surface area contributed by atoms with E-state index in [9.17, 15) is 4.79 Å². The summed E-state index contributed by atoms with van der Waals surface area (Å²) in [7, 11) is 0. The Morgan fingerprint density at radius 1 is 1.56 bits per heavy atom. The summed E-state index contributed by atoms with van der Waals surface area (Å²) in [4.78, 5) is 11.7. The van der Waals surface area contributed by atoms with Gasteiger partial charge in [-0.15, -0.1) is 10.2 Å². The highest BCUT2D eigenvalue weighted by Crippen LogP contribution is 2.20. The van der Waals surface area contributed by atoms with E-state index < -0.39 is 6.04 Å². The van der Waals surface area contributed by atoms with Gasteiger partial charge in [0.15, 0.2) is 0 Å². The van der Waals surface area contributed by atoms with Gasteiger partial charge in [-0.3, -0.25) is 4.79 Å². The van der Waals surface area contributed by atoms with E-state index in [0.29, 0.717) is 18.0 Å². The lowest BCUT2D eigenvalue weighted by molar-refractivity contribution is -0.117. The smallest absolute Gasteiger partial charge is 0.247 e. The first-order valence-electron chi connectivity index (χ1n) is 5.63. The number of hydrogen-bond donors (Lipinski definition) is 2. The Morgan fingerprint density at radius 2 is 2.39 bits per heavy atom. The van der Waals surface area contributed by atoms with Crippen molar-refractivity contribution in [2.24, 2.45) is 5.73 Å². The molecule has 2 aromatic rings. The molecule has 3 N–H and O–H groups in total. The lowest BCUT2D eigenvalue weighted by Gasteiger charge is -2.10. The van der Waals surface area contributed by atoms with Gasteiger partial charge in [-0.2, -0.15) is 0 Å². The predicted octanol–water partition coefficient (Wildman–Crippen LogP) is 1.41. The van der Waals surface area contributed by atoms with Crippen LogP contribution in [0.15, 0.2) is 35.1 Å². The number of rotatable bonds is 4. The molecule has 18 heavy (non-hydrogen) atoms. The summed E-state index contributed by atoms with van der Waals surface area (Å²) in [5, 5.41) is 10.2. The van der Waals surface area contributed by atoms with Crippen LogP contribution in [-0.4, -0.2) is 22.1 Å². The Labute approximate surface area is 104 Å². The van der Waals surface area contributed by atoms with E-state index in [1.165, 1.54) is 6.39 Å². The van der Waals surface area contributed by atoms with Crippen LogP contribution in [0.4, 0.5) is 5.69 Å². The van der Waals surface area contributed by atoms with Gasteiger partial charge in [-0.1, -0.05) is 13.0 Å². The molecule has 0 aliphatic carbocycles. The van der Waals surface area contributed by atoms with Crippen molar-refractivity contribution >= 4 is 11.6 Å². The maximum atomic E-state index is 11.7. The first-order chi connectivity index (χ1) is 8.70. The number of carbonyl (C=O) groups excluding carboxylic acids is 1. The highest BCUT2D eigenvalue weighted by atomic mass is 16.4. The maximum Gasteiger partial charge on any atom is 0.247 e. The van der Waals surface area contributed by atoms with E-state index in [4.69, 9.17) is 10.2 Å². The molecule has 0 saturated heterocycles. The lowest BCUT2D eigenvalue weighted by atomic mass is 10.2. The third kappa shape index (κ3) is 2.72. The standard InChI is InChI=1S/C12H14N4O2/c1-2-10(13)11(17)15-9-5-3-4-8(6-9)12-16-14-7-18-12/h3-7,10H,2,13H2,1H3,(H,15,17). The largest absolute Gasteiger partial charge is 0.423 e. The molecule has 0 aliphatic rings. The highest BCUT2D eigenvalue weighted by Gasteiger charge is 2.11. The summed E-state index contributed by atoms with van der Waals surface area (Å²) >= 11 is 0. The van der Waals surface area contributed by atoms with Crippen molar-refractivity contribution in [3.8, 4) is 11.5 Å². The van der Waals surface area contributed by atoms with Gasteiger partial charge in [0.1, 0.15) is 0 Å². The molecule has 1 amide bonds. The number of aromatic nitrogens is 2. The molecule has 1 atom stereocenters. The van der Waals surface area contributed by atoms with Gasteiger partial charge in [0.05, 0.1) is 6.04 Å². The average molecular weight is 246 g/mol. The third-order valence-electron chi connectivity index (χ3n) is 2.51. The van der Waals surface area contributed by atoms with E-state index in [1.54, 1.807) is 18.2 Å². The normalized spacial score (nSPS) is 12.1. The molecule has 0 spiro atoms. The van der Waals surface area contributed by atoms with Gasteiger partial charge >= 0.3 is 0 Å². The van der Waals surface area contributed by atoms with E-state index in [-0.39, 0.29) is 5.91 Å². The summed E-state index contributed by atoms with van der Waals surface area (Å²) in [5.41, 5.74) is 7.04. The van der Waals surface area contributed by atoms with Crippen LogP contribution in [0.5, 0.6) is 0 Å². The van der Waals surface area contributed by atoms with Crippen LogP contribution >= 0.6 is 0 Å². The number of nitrogens with two attached hydrogens (primary N) is 1. The molecular weight excluding hydrogens is 232 g/mol. The molecule has 1 heterocycles. The van der Waals surface area contributed by atoms with E-state index in [0.717, 1.165) is 5.56 Å². The van der Waals surface area contributed by atoms with Gasteiger partial charge in [0.2, 0.25) is 18.2 Å². The monoisotopic (exact) mass is 246 g/mol. The predicted molar refractivity (Wildman–Crippen MR) is 66.6 cm³/mol. The van der Waals surface area contributed by atoms with Crippen LogP contribution in [0.25, 0.3) is 11.5 Å². The second-order valence-corrected chi connectivity index (χ2v) is 3.83. The van der Waals surface area contributed by atoms with Gasteiger partial charge < -0.3 is 15.5 Å². The fourth-order valence-electron chi connectivity index (χ4n) is 1.45. The molecule has 0 aliphatic heterocycles. The minimum Gasteiger partial charge on any atom is -0.423 e. The molecule has 6 heteroatoms. The minimum atomic E-state index is -0.503. The molecule has 2 rings (SSSR count). The second kappa shape index (κ2) is 5.42. The fourth-order valence-corrected chi connectivity index (χ4v) is 1.45. The molecule has 0 radical (unpaired) electrons. The van der Waals surface area contributed by atoms with Crippen molar-refractivity contribution < 1.29 is 9.21 Å². The Bertz CT molecular complexity index is 525. The summed E-state index contributed by atoms with van der Waals surface area (Å²) < 4.78 is 5.09. The Kier molecular flexibility index (Phi) is 3.69. The van der Waals surface area contributed by atoms with Gasteiger partial charge in [-0.05, 0) is 24.6 Å². The van der Waals surface area contributed by atoms with Gasteiger partial charge in [0.25, 0.3) is 0 Å². The number of hydrogen-bond acceptors (Lipinski definition) is 5. The van der Waals surface area contributed by atoms with Gasteiger partial charge in [-0.25, -0.2) is 0 Å². The molecule has 0 saturated carbocycles.